The van der Waals surface area contributed by atoms with Crippen molar-refractivity contribution in [1.82, 2.24) is 24.1 Å². The number of aliphatic hydroxyl groups is 1. The fourth-order valence-corrected chi connectivity index (χ4v) is 2.95. The maximum Gasteiger partial charge on any atom is 0.425 e. The second-order valence-electron chi connectivity index (χ2n) is 6.25. The van der Waals surface area contributed by atoms with E-state index in [0.29, 0.717) is 4.68 Å². The lowest BCUT2D eigenvalue weighted by Crippen LogP contribution is -2.31. The number of hydrogen-bond donors (Lipinski definition) is 2. The normalized spacial score (nSPS) is 13.2. The quantitative estimate of drug-likeness (QED) is 0.607. The lowest BCUT2D eigenvalue weighted by atomic mass is 10.2. The van der Waals surface area contributed by atoms with E-state index in [4.69, 9.17) is 10.5 Å². The highest BCUT2D eigenvalue weighted by atomic mass is 19.4. The third-order valence-corrected chi connectivity index (χ3v) is 4.41. The summed E-state index contributed by atoms with van der Waals surface area (Å²) >= 11 is 0. The molecule has 3 N–H and O–H groups in total. The van der Waals surface area contributed by atoms with Crippen LogP contribution in [-0.4, -0.2) is 41.5 Å². The van der Waals surface area contributed by atoms with Gasteiger partial charge < -0.3 is 15.6 Å². The molecule has 0 aliphatic heterocycles. The zero-order chi connectivity index (χ0) is 21.7. The van der Waals surface area contributed by atoms with Gasteiger partial charge in [0.2, 0.25) is 0 Å². The zero-order valence-corrected chi connectivity index (χ0v) is 15.7. The van der Waals surface area contributed by atoms with Crippen molar-refractivity contribution >= 4 is 16.7 Å². The van der Waals surface area contributed by atoms with Gasteiger partial charge in [0.25, 0.3) is 0 Å². The number of halogens is 4. The summed E-state index contributed by atoms with van der Waals surface area (Å²) in [7, 11) is 1.34. The van der Waals surface area contributed by atoms with Gasteiger partial charge in [0.1, 0.15) is 23.6 Å². The van der Waals surface area contributed by atoms with Crippen molar-refractivity contribution in [3.63, 3.8) is 0 Å². The summed E-state index contributed by atoms with van der Waals surface area (Å²) in [5.41, 5.74) is 4.24. The van der Waals surface area contributed by atoms with Crippen molar-refractivity contribution in [1.29, 1.82) is 0 Å². The molecule has 2 heterocycles. The van der Waals surface area contributed by atoms with Gasteiger partial charge in [-0.1, -0.05) is 0 Å². The summed E-state index contributed by atoms with van der Waals surface area (Å²) < 4.78 is 62.0. The highest BCUT2D eigenvalue weighted by Gasteiger charge is 2.39. The van der Waals surface area contributed by atoms with Crippen LogP contribution < -0.4 is 16.2 Å². The molecular weight excluding hydrogens is 400 g/mol. The van der Waals surface area contributed by atoms with Crippen LogP contribution in [0.2, 0.25) is 0 Å². The second kappa shape index (κ2) is 7.06. The van der Waals surface area contributed by atoms with Crippen LogP contribution in [0.5, 0.6) is 5.75 Å². The second-order valence-corrected chi connectivity index (χ2v) is 6.25. The molecule has 2 aromatic heterocycles. The number of benzene rings is 1. The van der Waals surface area contributed by atoms with E-state index in [1.165, 1.54) is 7.05 Å². The Morgan fingerprint density at radius 3 is 2.52 bits per heavy atom. The number of hydrogen-bond acceptors (Lipinski definition) is 6. The van der Waals surface area contributed by atoms with Crippen LogP contribution in [0.15, 0.2) is 10.9 Å². The predicted molar refractivity (Wildman–Crippen MR) is 94.2 cm³/mol. The maximum atomic E-state index is 15.2. The number of alkyl halides is 3. The SMILES string of the molecule is CCn1c(CO)nn(-c2cc(O[C@@H](C)C(F)(F)F)c3c(N)nn(C)c3c2F)c1=O. The zero-order valence-electron chi connectivity index (χ0n) is 15.7. The van der Waals surface area contributed by atoms with Crippen LogP contribution in [-0.2, 0) is 20.2 Å². The van der Waals surface area contributed by atoms with Crippen LogP contribution in [0.4, 0.5) is 23.4 Å². The molecule has 0 aliphatic rings. The number of anilines is 1. The van der Waals surface area contributed by atoms with Gasteiger partial charge in [0, 0.05) is 19.7 Å². The van der Waals surface area contributed by atoms with E-state index in [2.05, 4.69) is 10.2 Å². The van der Waals surface area contributed by atoms with Gasteiger partial charge in [-0.15, -0.1) is 5.10 Å². The number of aryl methyl sites for hydroxylation is 1. The topological polar surface area (TPSA) is 113 Å². The van der Waals surface area contributed by atoms with Crippen molar-refractivity contribution in [2.45, 2.75) is 39.3 Å². The van der Waals surface area contributed by atoms with Gasteiger partial charge in [-0.2, -0.15) is 23.0 Å². The molecule has 1 atom stereocenters. The van der Waals surface area contributed by atoms with Gasteiger partial charge in [-0.3, -0.25) is 9.25 Å². The number of rotatable bonds is 5. The average molecular weight is 418 g/mol. The lowest BCUT2D eigenvalue weighted by Gasteiger charge is -2.19. The first-order valence-electron chi connectivity index (χ1n) is 8.49. The van der Waals surface area contributed by atoms with Gasteiger partial charge in [0.15, 0.2) is 23.6 Å². The fourth-order valence-electron chi connectivity index (χ4n) is 2.95. The molecule has 0 amide bonds. The first-order valence-corrected chi connectivity index (χ1v) is 8.49. The van der Waals surface area contributed by atoms with Crippen molar-refractivity contribution in [2.24, 2.45) is 7.05 Å². The molecule has 29 heavy (non-hydrogen) atoms. The van der Waals surface area contributed by atoms with E-state index in [1.54, 1.807) is 6.92 Å². The summed E-state index contributed by atoms with van der Waals surface area (Å²) in [5.74, 6) is -1.66. The molecule has 0 fully saturated rings. The van der Waals surface area contributed by atoms with Crippen molar-refractivity contribution in [3.8, 4) is 11.4 Å². The van der Waals surface area contributed by atoms with Crippen LogP contribution in [0.25, 0.3) is 16.6 Å². The van der Waals surface area contributed by atoms with E-state index in [0.717, 1.165) is 22.2 Å². The number of fused-ring (bicyclic) bond motifs is 1. The standard InChI is InChI=1S/C16H18F4N6O3/c1-4-25-10(6-27)22-26(15(25)28)8-5-9(29-7(2)16(18,19)20)11-13(12(8)17)24(3)23-14(11)21/h5,7,27H,4,6H2,1-3H3,(H2,21,23)/t7-/m0/s1. The molecule has 3 aromatic rings. The van der Waals surface area contributed by atoms with E-state index in [9.17, 15) is 23.1 Å². The minimum Gasteiger partial charge on any atom is -0.480 e. The highest BCUT2D eigenvalue weighted by Crippen LogP contribution is 2.37. The number of ether oxygens (including phenoxy) is 1. The monoisotopic (exact) mass is 418 g/mol. The average Bonchev–Trinajstić information content (AvgIpc) is 3.12. The Morgan fingerprint density at radius 1 is 1.34 bits per heavy atom. The molecule has 3 rings (SSSR count). The minimum atomic E-state index is -4.69. The van der Waals surface area contributed by atoms with Crippen LogP contribution in [0.3, 0.4) is 0 Å². The molecule has 13 heteroatoms. The first kappa shape index (κ1) is 20.6. The Bertz CT molecular complexity index is 1130. The lowest BCUT2D eigenvalue weighted by molar-refractivity contribution is -0.188. The van der Waals surface area contributed by atoms with Gasteiger partial charge in [0.05, 0.1) is 5.39 Å². The summed E-state index contributed by atoms with van der Waals surface area (Å²) in [6, 6.07) is 0.910. The Kier molecular flexibility index (Phi) is 5.03. The third kappa shape index (κ3) is 3.30. The van der Waals surface area contributed by atoms with Gasteiger partial charge >= 0.3 is 11.9 Å². The number of aromatic nitrogens is 5. The van der Waals surface area contributed by atoms with E-state index >= 15 is 4.39 Å². The number of nitrogen functional groups attached to an aromatic ring is 1. The van der Waals surface area contributed by atoms with Crippen molar-refractivity contribution in [3.05, 3.63) is 28.2 Å². The molecule has 0 saturated heterocycles. The molecule has 0 bridgehead atoms. The first-order chi connectivity index (χ1) is 13.5. The Morgan fingerprint density at radius 2 is 2.00 bits per heavy atom. The number of nitrogens with zero attached hydrogens (tertiary/aromatic N) is 5. The summed E-state index contributed by atoms with van der Waals surface area (Å²) in [5, 5.41) is 16.9. The van der Waals surface area contributed by atoms with Crippen molar-refractivity contribution in [2.75, 3.05) is 5.73 Å². The molecular formula is C16H18F4N6O3. The molecule has 9 nitrogen and oxygen atoms in total. The Labute approximate surface area is 160 Å². The summed E-state index contributed by atoms with van der Waals surface area (Å²) in [4.78, 5) is 12.6. The summed E-state index contributed by atoms with van der Waals surface area (Å²) in [6.45, 7) is 1.95. The Balaban J connectivity index is 2.33. The maximum absolute atomic E-state index is 15.2. The predicted octanol–water partition coefficient (Wildman–Crippen LogP) is 1.48. The Hall–Kier alpha value is -3.09. The van der Waals surface area contributed by atoms with E-state index in [1.807, 2.05) is 0 Å². The molecule has 0 unspecified atom stereocenters. The van der Waals surface area contributed by atoms with E-state index < -0.39 is 41.8 Å². The largest absolute Gasteiger partial charge is 0.480 e. The number of nitrogens with two attached hydrogens (primary N) is 1. The van der Waals surface area contributed by atoms with E-state index in [-0.39, 0.29) is 29.1 Å². The molecule has 1 aromatic carbocycles. The van der Waals surface area contributed by atoms with Crippen LogP contribution in [0, 0.1) is 5.82 Å². The van der Waals surface area contributed by atoms with Gasteiger partial charge in [-0.05, 0) is 13.8 Å². The fraction of sp³-hybridized carbons (Fsp3) is 0.438. The van der Waals surface area contributed by atoms with Crippen LogP contribution in [0.1, 0.15) is 19.7 Å². The molecule has 0 aliphatic carbocycles. The van der Waals surface area contributed by atoms with Gasteiger partial charge in [-0.25, -0.2) is 9.18 Å². The van der Waals surface area contributed by atoms with Crippen LogP contribution >= 0.6 is 0 Å². The number of aliphatic hydroxyl groups excluding tert-OH is 1. The molecule has 0 spiro atoms. The molecule has 0 radical (unpaired) electrons. The molecule has 158 valence electrons. The molecule has 0 saturated carbocycles. The minimum absolute atomic E-state index is 0.0346. The van der Waals surface area contributed by atoms with Crippen molar-refractivity contribution < 1.29 is 27.4 Å². The summed E-state index contributed by atoms with van der Waals surface area (Å²) in [6.07, 6.45) is -6.93. The third-order valence-electron chi connectivity index (χ3n) is 4.41. The highest BCUT2D eigenvalue weighted by molar-refractivity contribution is 5.96. The smallest absolute Gasteiger partial charge is 0.425 e.